The van der Waals surface area contributed by atoms with Gasteiger partial charge < -0.3 is 9.84 Å². The van der Waals surface area contributed by atoms with Crippen molar-refractivity contribution in [2.24, 2.45) is 0 Å². The molecule has 0 atom stereocenters. The average molecular weight is 284 g/mol. The van der Waals surface area contributed by atoms with Gasteiger partial charge in [0.25, 0.3) is 0 Å². The van der Waals surface area contributed by atoms with Gasteiger partial charge in [-0.3, -0.25) is 0 Å². The van der Waals surface area contributed by atoms with Crippen LogP contribution in [0.15, 0.2) is 28.8 Å². The standard InChI is InChI=1S/C18H24N2O/c1-18(2,3)14-9-5-6-10-15(14)19-12-16-13-8-4-7-11-17(13)21-20-16/h5-6,9-10,19H,4,7-8,11-12H2,1-3H3. The Morgan fingerprint density at radius 2 is 1.90 bits per heavy atom. The van der Waals surface area contributed by atoms with Gasteiger partial charge in [0.15, 0.2) is 0 Å². The maximum Gasteiger partial charge on any atom is 0.140 e. The van der Waals surface area contributed by atoms with Gasteiger partial charge in [0, 0.05) is 17.7 Å². The molecule has 3 nitrogen and oxygen atoms in total. The topological polar surface area (TPSA) is 38.1 Å². The Balaban J connectivity index is 1.78. The third-order valence-corrected chi connectivity index (χ3v) is 4.21. The molecule has 0 amide bonds. The molecule has 0 saturated heterocycles. The fourth-order valence-corrected chi connectivity index (χ4v) is 3.06. The molecule has 1 aromatic carbocycles. The quantitative estimate of drug-likeness (QED) is 0.904. The number of benzene rings is 1. The van der Waals surface area contributed by atoms with Crippen molar-refractivity contribution in [2.75, 3.05) is 5.32 Å². The first-order valence-electron chi connectivity index (χ1n) is 7.85. The van der Waals surface area contributed by atoms with Gasteiger partial charge in [0.1, 0.15) is 11.5 Å². The van der Waals surface area contributed by atoms with Crippen LogP contribution in [0.2, 0.25) is 0 Å². The normalized spacial score (nSPS) is 14.8. The summed E-state index contributed by atoms with van der Waals surface area (Å²) in [4.78, 5) is 0. The summed E-state index contributed by atoms with van der Waals surface area (Å²) < 4.78 is 5.48. The van der Waals surface area contributed by atoms with Gasteiger partial charge in [-0.05, 0) is 36.3 Å². The Kier molecular flexibility index (Phi) is 3.75. The lowest BCUT2D eigenvalue weighted by Crippen LogP contribution is -2.15. The van der Waals surface area contributed by atoms with E-state index in [0.29, 0.717) is 0 Å². The summed E-state index contributed by atoms with van der Waals surface area (Å²) in [6, 6.07) is 8.52. The largest absolute Gasteiger partial charge is 0.379 e. The summed E-state index contributed by atoms with van der Waals surface area (Å²) in [7, 11) is 0. The van der Waals surface area contributed by atoms with Crippen LogP contribution in [0.25, 0.3) is 0 Å². The highest BCUT2D eigenvalue weighted by atomic mass is 16.5. The molecule has 3 heteroatoms. The predicted octanol–water partition coefficient (Wildman–Crippen LogP) is 4.46. The molecule has 3 rings (SSSR count). The van der Waals surface area contributed by atoms with Crippen LogP contribution in [0, 0.1) is 0 Å². The number of para-hydroxylation sites is 1. The van der Waals surface area contributed by atoms with E-state index < -0.39 is 0 Å². The Morgan fingerprint density at radius 1 is 1.14 bits per heavy atom. The highest BCUT2D eigenvalue weighted by molar-refractivity contribution is 5.54. The summed E-state index contributed by atoms with van der Waals surface area (Å²) in [6.07, 6.45) is 4.62. The molecule has 0 saturated carbocycles. The minimum atomic E-state index is 0.132. The Hall–Kier alpha value is -1.77. The van der Waals surface area contributed by atoms with Crippen LogP contribution in [-0.2, 0) is 24.8 Å². The zero-order valence-corrected chi connectivity index (χ0v) is 13.2. The smallest absolute Gasteiger partial charge is 0.140 e. The fourth-order valence-electron chi connectivity index (χ4n) is 3.06. The molecule has 0 spiro atoms. The van der Waals surface area contributed by atoms with Crippen molar-refractivity contribution in [3.8, 4) is 0 Å². The van der Waals surface area contributed by atoms with Crippen LogP contribution >= 0.6 is 0 Å². The van der Waals surface area contributed by atoms with E-state index in [-0.39, 0.29) is 5.41 Å². The van der Waals surface area contributed by atoms with Crippen LogP contribution in [0.1, 0.15) is 56.2 Å². The SMILES string of the molecule is CC(C)(C)c1ccccc1NCc1noc2c1CCCC2. The number of rotatable bonds is 3. The summed E-state index contributed by atoms with van der Waals surface area (Å²) in [5.74, 6) is 1.10. The van der Waals surface area contributed by atoms with Crippen molar-refractivity contribution in [1.29, 1.82) is 0 Å². The number of aryl methyl sites for hydroxylation is 1. The third kappa shape index (κ3) is 2.97. The molecule has 1 aliphatic carbocycles. The van der Waals surface area contributed by atoms with Crippen LogP contribution in [0.4, 0.5) is 5.69 Å². The van der Waals surface area contributed by atoms with Gasteiger partial charge in [0.05, 0.1) is 6.54 Å². The molecule has 112 valence electrons. The van der Waals surface area contributed by atoms with Crippen molar-refractivity contribution in [3.05, 3.63) is 46.8 Å². The van der Waals surface area contributed by atoms with E-state index in [4.69, 9.17) is 4.52 Å². The second kappa shape index (κ2) is 5.55. The Morgan fingerprint density at radius 3 is 2.71 bits per heavy atom. The van der Waals surface area contributed by atoms with Crippen LogP contribution in [0.5, 0.6) is 0 Å². The maximum absolute atomic E-state index is 5.48. The van der Waals surface area contributed by atoms with Crippen LogP contribution in [0.3, 0.4) is 0 Å². The summed E-state index contributed by atoms with van der Waals surface area (Å²) in [5, 5.41) is 7.82. The monoisotopic (exact) mass is 284 g/mol. The first kappa shape index (κ1) is 14.2. The van der Waals surface area contributed by atoms with Crippen LogP contribution < -0.4 is 5.32 Å². The second-order valence-corrected chi connectivity index (χ2v) is 6.89. The van der Waals surface area contributed by atoms with Crippen molar-refractivity contribution in [1.82, 2.24) is 5.16 Å². The number of nitrogens with zero attached hydrogens (tertiary/aromatic N) is 1. The van der Waals surface area contributed by atoms with E-state index in [1.165, 1.54) is 29.7 Å². The van der Waals surface area contributed by atoms with Gasteiger partial charge in [0.2, 0.25) is 0 Å². The molecular formula is C18H24N2O. The number of anilines is 1. The highest BCUT2D eigenvalue weighted by Crippen LogP contribution is 2.30. The minimum absolute atomic E-state index is 0.132. The summed E-state index contributed by atoms with van der Waals surface area (Å²) >= 11 is 0. The van der Waals surface area contributed by atoms with E-state index in [1.807, 2.05) is 0 Å². The molecular weight excluding hydrogens is 260 g/mol. The zero-order chi connectivity index (χ0) is 14.9. The molecule has 21 heavy (non-hydrogen) atoms. The molecule has 2 aromatic rings. The van der Waals surface area contributed by atoms with E-state index in [2.05, 4.69) is 55.5 Å². The first-order chi connectivity index (χ1) is 10.1. The van der Waals surface area contributed by atoms with Crippen molar-refractivity contribution in [3.63, 3.8) is 0 Å². The number of fused-ring (bicyclic) bond motifs is 1. The second-order valence-electron chi connectivity index (χ2n) is 6.89. The predicted molar refractivity (Wildman–Crippen MR) is 85.6 cm³/mol. The molecule has 0 aliphatic heterocycles. The number of nitrogens with one attached hydrogen (secondary N) is 1. The lowest BCUT2D eigenvalue weighted by molar-refractivity contribution is 0.368. The molecule has 1 N–H and O–H groups in total. The van der Waals surface area contributed by atoms with Gasteiger partial charge in [-0.1, -0.05) is 44.1 Å². The van der Waals surface area contributed by atoms with Crippen molar-refractivity contribution in [2.45, 2.75) is 58.4 Å². The van der Waals surface area contributed by atoms with E-state index in [1.54, 1.807) is 0 Å². The lowest BCUT2D eigenvalue weighted by atomic mass is 9.86. The molecule has 0 bridgehead atoms. The van der Waals surface area contributed by atoms with Gasteiger partial charge >= 0.3 is 0 Å². The van der Waals surface area contributed by atoms with Crippen molar-refractivity contribution < 1.29 is 4.52 Å². The first-order valence-corrected chi connectivity index (χ1v) is 7.85. The van der Waals surface area contributed by atoms with Crippen molar-refractivity contribution >= 4 is 5.69 Å². The highest BCUT2D eigenvalue weighted by Gasteiger charge is 2.20. The zero-order valence-electron chi connectivity index (χ0n) is 13.2. The average Bonchev–Trinajstić information content (AvgIpc) is 2.88. The maximum atomic E-state index is 5.48. The van der Waals surface area contributed by atoms with Crippen LogP contribution in [-0.4, -0.2) is 5.16 Å². The van der Waals surface area contributed by atoms with E-state index in [9.17, 15) is 0 Å². The molecule has 0 unspecified atom stereocenters. The molecule has 0 radical (unpaired) electrons. The molecule has 0 fully saturated rings. The Bertz CT molecular complexity index is 622. The third-order valence-electron chi connectivity index (χ3n) is 4.21. The summed E-state index contributed by atoms with van der Waals surface area (Å²) in [6.45, 7) is 7.47. The van der Waals surface area contributed by atoms with E-state index >= 15 is 0 Å². The molecule has 1 heterocycles. The number of hydrogen-bond acceptors (Lipinski definition) is 3. The lowest BCUT2D eigenvalue weighted by Gasteiger charge is -2.23. The van der Waals surface area contributed by atoms with Gasteiger partial charge in [-0.15, -0.1) is 0 Å². The summed E-state index contributed by atoms with van der Waals surface area (Å²) in [5.41, 5.74) is 5.07. The minimum Gasteiger partial charge on any atom is -0.379 e. The number of aromatic nitrogens is 1. The van der Waals surface area contributed by atoms with Gasteiger partial charge in [-0.25, -0.2) is 0 Å². The molecule has 1 aromatic heterocycles. The van der Waals surface area contributed by atoms with E-state index in [0.717, 1.165) is 30.8 Å². The fraction of sp³-hybridized carbons (Fsp3) is 0.500. The molecule has 1 aliphatic rings. The van der Waals surface area contributed by atoms with Gasteiger partial charge in [-0.2, -0.15) is 0 Å². The number of hydrogen-bond donors (Lipinski definition) is 1. The Labute approximate surface area is 126 Å².